The Hall–Kier alpha value is 0.270. The van der Waals surface area contributed by atoms with Crippen molar-refractivity contribution in [2.75, 3.05) is 11.0 Å². The molecule has 0 fully saturated rings. The number of hydrogen-bond donors (Lipinski definition) is 1. The molecule has 0 unspecified atom stereocenters. The summed E-state index contributed by atoms with van der Waals surface area (Å²) in [5.41, 5.74) is 0. The number of hydrogen-bond acceptors (Lipinski definition) is 2. The molecule has 1 N–H and O–H groups in total. The molecule has 0 heterocycles. The molecule has 0 aliphatic rings. The summed E-state index contributed by atoms with van der Waals surface area (Å²) in [6.07, 6.45) is 1.69. The van der Waals surface area contributed by atoms with Crippen LogP contribution in [0.2, 0.25) is 0 Å². The second kappa shape index (κ2) is 7.01. The lowest BCUT2D eigenvalue weighted by Crippen LogP contribution is -2.25. The highest BCUT2D eigenvalue weighted by atomic mass is 127. The summed E-state index contributed by atoms with van der Waals surface area (Å²) in [4.78, 5) is -0.310. The fourth-order valence-electron chi connectivity index (χ4n) is 1.20. The molecule has 0 spiro atoms. The van der Waals surface area contributed by atoms with Gasteiger partial charge in [-0.2, -0.15) is 0 Å². The Kier molecular flexibility index (Phi) is 6.32. The van der Waals surface area contributed by atoms with Crippen LogP contribution in [-0.2, 0) is 10.0 Å². The standard InChI is InChI=1S/C10H12BrFINO2S/c11-8-3-4-10(9(12)7-8)17(15,16)14-6-2-1-5-13/h3-4,7,14H,1-2,5-6H2. The number of halogens is 3. The molecule has 1 rings (SSSR count). The van der Waals surface area contributed by atoms with Gasteiger partial charge in [0.15, 0.2) is 0 Å². The van der Waals surface area contributed by atoms with Gasteiger partial charge in [0, 0.05) is 11.0 Å². The minimum Gasteiger partial charge on any atom is -0.211 e. The van der Waals surface area contributed by atoms with Gasteiger partial charge in [-0.3, -0.25) is 0 Å². The largest absolute Gasteiger partial charge is 0.243 e. The van der Waals surface area contributed by atoms with Crippen molar-refractivity contribution in [3.05, 3.63) is 28.5 Å². The van der Waals surface area contributed by atoms with Crippen LogP contribution in [0.3, 0.4) is 0 Å². The van der Waals surface area contributed by atoms with Crippen molar-refractivity contribution in [1.29, 1.82) is 0 Å². The minimum absolute atomic E-state index is 0.310. The Morgan fingerprint density at radius 2 is 2.06 bits per heavy atom. The molecular formula is C10H12BrFINO2S. The first-order chi connectivity index (χ1) is 7.97. The molecule has 17 heavy (non-hydrogen) atoms. The molecule has 0 amide bonds. The van der Waals surface area contributed by atoms with Crippen molar-refractivity contribution in [2.45, 2.75) is 17.7 Å². The van der Waals surface area contributed by atoms with Crippen molar-refractivity contribution in [1.82, 2.24) is 4.72 Å². The fraction of sp³-hybridized carbons (Fsp3) is 0.400. The third-order valence-corrected chi connectivity index (χ3v) is 4.79. The molecule has 96 valence electrons. The average molecular weight is 436 g/mol. The topological polar surface area (TPSA) is 46.2 Å². The van der Waals surface area contributed by atoms with Gasteiger partial charge >= 0.3 is 0 Å². The van der Waals surface area contributed by atoms with Crippen LogP contribution in [0.25, 0.3) is 0 Å². The molecule has 0 aromatic heterocycles. The summed E-state index contributed by atoms with van der Waals surface area (Å²) in [7, 11) is -3.74. The van der Waals surface area contributed by atoms with Crippen molar-refractivity contribution >= 4 is 48.5 Å². The number of benzene rings is 1. The van der Waals surface area contributed by atoms with Gasteiger partial charge in [-0.15, -0.1) is 0 Å². The van der Waals surface area contributed by atoms with Gasteiger partial charge in [-0.25, -0.2) is 17.5 Å². The van der Waals surface area contributed by atoms with Gasteiger partial charge in [0.25, 0.3) is 0 Å². The summed E-state index contributed by atoms with van der Waals surface area (Å²) < 4.78 is 40.9. The maximum absolute atomic E-state index is 13.5. The molecule has 0 bridgehead atoms. The number of sulfonamides is 1. The Morgan fingerprint density at radius 3 is 2.65 bits per heavy atom. The summed E-state index contributed by atoms with van der Waals surface area (Å²) in [6, 6.07) is 3.89. The number of unbranched alkanes of at least 4 members (excludes halogenated alkanes) is 1. The molecule has 3 nitrogen and oxygen atoms in total. The van der Waals surface area contributed by atoms with Gasteiger partial charge in [-0.1, -0.05) is 38.5 Å². The molecular weight excluding hydrogens is 424 g/mol. The summed E-state index contributed by atoms with van der Waals surface area (Å²) in [6.45, 7) is 0.334. The third kappa shape index (κ3) is 4.80. The van der Waals surface area contributed by atoms with E-state index in [1.807, 2.05) is 0 Å². The van der Waals surface area contributed by atoms with E-state index in [1.54, 1.807) is 0 Å². The van der Waals surface area contributed by atoms with Crippen molar-refractivity contribution in [3.63, 3.8) is 0 Å². The lowest BCUT2D eigenvalue weighted by Gasteiger charge is -2.07. The second-order valence-corrected chi connectivity index (χ2v) is 7.10. The van der Waals surface area contributed by atoms with Crippen LogP contribution in [-0.4, -0.2) is 19.4 Å². The number of nitrogens with one attached hydrogen (secondary N) is 1. The lowest BCUT2D eigenvalue weighted by atomic mass is 10.3. The van der Waals surface area contributed by atoms with Gasteiger partial charge in [0.2, 0.25) is 10.0 Å². The Labute approximate surface area is 122 Å². The second-order valence-electron chi connectivity index (χ2n) is 3.37. The molecule has 7 heteroatoms. The first-order valence-electron chi connectivity index (χ1n) is 4.98. The predicted octanol–water partition coefficient (Wildman–Crippen LogP) is 3.08. The van der Waals surface area contributed by atoms with Gasteiger partial charge in [0.1, 0.15) is 10.7 Å². The smallest absolute Gasteiger partial charge is 0.211 e. The minimum atomic E-state index is -3.74. The average Bonchev–Trinajstić information content (AvgIpc) is 2.24. The summed E-state index contributed by atoms with van der Waals surface area (Å²) in [5.74, 6) is -0.749. The molecule has 0 aliphatic heterocycles. The Bertz CT molecular complexity index is 481. The maximum atomic E-state index is 13.5. The van der Waals surface area contributed by atoms with E-state index < -0.39 is 15.8 Å². The van der Waals surface area contributed by atoms with Crippen molar-refractivity contribution < 1.29 is 12.8 Å². The molecule has 0 saturated carbocycles. The van der Waals surface area contributed by atoms with E-state index in [-0.39, 0.29) is 4.90 Å². The summed E-state index contributed by atoms with van der Waals surface area (Å²) in [5, 5.41) is 0. The molecule has 1 aromatic rings. The zero-order valence-corrected chi connectivity index (χ0v) is 13.5. The highest BCUT2D eigenvalue weighted by Crippen LogP contribution is 2.19. The monoisotopic (exact) mass is 435 g/mol. The van der Waals surface area contributed by atoms with Crippen LogP contribution in [0.5, 0.6) is 0 Å². The first kappa shape index (κ1) is 15.3. The van der Waals surface area contributed by atoms with E-state index in [4.69, 9.17) is 0 Å². The van der Waals surface area contributed by atoms with E-state index >= 15 is 0 Å². The van der Waals surface area contributed by atoms with E-state index in [0.717, 1.165) is 23.3 Å². The fourth-order valence-corrected chi connectivity index (χ4v) is 3.20. The quantitative estimate of drug-likeness (QED) is 0.424. The number of alkyl halides is 1. The predicted molar refractivity (Wildman–Crippen MR) is 77.4 cm³/mol. The van der Waals surface area contributed by atoms with Gasteiger partial charge in [-0.05, 0) is 35.5 Å². The van der Waals surface area contributed by atoms with Crippen LogP contribution in [0.15, 0.2) is 27.6 Å². The van der Waals surface area contributed by atoms with Crippen molar-refractivity contribution in [2.24, 2.45) is 0 Å². The lowest BCUT2D eigenvalue weighted by molar-refractivity contribution is 0.555. The van der Waals surface area contributed by atoms with Crippen LogP contribution < -0.4 is 4.72 Å². The first-order valence-corrected chi connectivity index (χ1v) is 8.78. The van der Waals surface area contributed by atoms with Crippen molar-refractivity contribution in [3.8, 4) is 0 Å². The third-order valence-electron chi connectivity index (χ3n) is 2.04. The molecule has 0 aliphatic carbocycles. The highest BCUT2D eigenvalue weighted by Gasteiger charge is 2.18. The van der Waals surface area contributed by atoms with Crippen LogP contribution >= 0.6 is 38.5 Å². The van der Waals surface area contributed by atoms with Crippen LogP contribution in [0, 0.1) is 5.82 Å². The SMILES string of the molecule is O=S(=O)(NCCCCI)c1ccc(Br)cc1F. The van der Waals surface area contributed by atoms with E-state index in [9.17, 15) is 12.8 Å². The van der Waals surface area contributed by atoms with E-state index in [1.165, 1.54) is 12.1 Å². The number of rotatable bonds is 6. The van der Waals surface area contributed by atoms with Gasteiger partial charge in [0.05, 0.1) is 0 Å². The molecule has 0 atom stereocenters. The van der Waals surface area contributed by atoms with Gasteiger partial charge < -0.3 is 0 Å². The van der Waals surface area contributed by atoms with Crippen LogP contribution in [0.4, 0.5) is 4.39 Å². The Morgan fingerprint density at radius 1 is 1.35 bits per heavy atom. The maximum Gasteiger partial charge on any atom is 0.243 e. The Balaban J connectivity index is 2.76. The molecule has 0 radical (unpaired) electrons. The zero-order valence-electron chi connectivity index (χ0n) is 8.92. The van der Waals surface area contributed by atoms with E-state index in [2.05, 4.69) is 43.2 Å². The van der Waals surface area contributed by atoms with Crippen LogP contribution in [0.1, 0.15) is 12.8 Å². The van der Waals surface area contributed by atoms with E-state index in [0.29, 0.717) is 11.0 Å². The summed E-state index contributed by atoms with van der Waals surface area (Å²) >= 11 is 5.31. The highest BCUT2D eigenvalue weighted by molar-refractivity contribution is 14.1. The zero-order chi connectivity index (χ0) is 12.9. The molecule has 1 aromatic carbocycles. The molecule has 0 saturated heterocycles. The normalized spacial score (nSPS) is 11.7.